The molecule has 0 spiro atoms. The van der Waals surface area contributed by atoms with Crippen LogP contribution in [0.5, 0.6) is 0 Å². The molecule has 1 rings (SSSR count). The number of nitrogens with zero attached hydrogens (tertiary/aromatic N) is 2. The molecule has 1 saturated heterocycles. The smallest absolute Gasteiger partial charge is 0.324 e. The van der Waals surface area contributed by atoms with Crippen molar-refractivity contribution in [2.45, 2.75) is 19.4 Å². The molecule has 0 aliphatic carbocycles. The number of hydrogen-bond donors (Lipinski definition) is 1. The Bertz CT molecular complexity index is 349. The summed E-state index contributed by atoms with van der Waals surface area (Å²) in [5.41, 5.74) is -1.39. The molecular weight excluding hydrogens is 208 g/mol. The van der Waals surface area contributed by atoms with E-state index in [9.17, 15) is 13.2 Å². The van der Waals surface area contributed by atoms with Gasteiger partial charge in [0, 0.05) is 20.1 Å². The molecule has 0 aromatic heterocycles. The number of aliphatic carboxylic acids is 1. The van der Waals surface area contributed by atoms with E-state index in [0.29, 0.717) is 6.54 Å². The summed E-state index contributed by atoms with van der Waals surface area (Å²) < 4.78 is 25.4. The van der Waals surface area contributed by atoms with E-state index < -0.39 is 21.7 Å². The average molecular weight is 222 g/mol. The van der Waals surface area contributed by atoms with Crippen molar-refractivity contribution in [1.82, 2.24) is 8.61 Å². The number of likely N-dealkylation sites (N-methyl/N-ethyl adjacent to an activating group) is 1. The van der Waals surface area contributed by atoms with Gasteiger partial charge in [0.05, 0.1) is 0 Å². The van der Waals surface area contributed by atoms with E-state index in [2.05, 4.69) is 0 Å². The van der Waals surface area contributed by atoms with Crippen molar-refractivity contribution in [3.05, 3.63) is 0 Å². The third kappa shape index (κ3) is 1.51. The lowest BCUT2D eigenvalue weighted by Gasteiger charge is -2.29. The number of carboxylic acids is 1. The summed E-state index contributed by atoms with van der Waals surface area (Å²) >= 11 is 0. The first-order valence-electron chi connectivity index (χ1n) is 4.18. The zero-order valence-electron chi connectivity index (χ0n) is 8.39. The van der Waals surface area contributed by atoms with Crippen LogP contribution in [0.3, 0.4) is 0 Å². The highest BCUT2D eigenvalue weighted by atomic mass is 32.2. The quantitative estimate of drug-likeness (QED) is 0.673. The standard InChI is InChI=1S/C7H14N2O4S/c1-7(2,6(10)11)9-5-4-8(3)14(9,12)13/h4-5H2,1-3H3,(H,10,11). The SMILES string of the molecule is CN1CCN(C(C)(C)C(=O)O)S1(=O)=O. The normalized spacial score (nSPS) is 23.9. The number of carbonyl (C=O) groups is 1. The molecule has 1 heterocycles. The zero-order valence-corrected chi connectivity index (χ0v) is 9.21. The fourth-order valence-corrected chi connectivity index (χ4v) is 2.92. The number of carboxylic acid groups (broad SMARTS) is 1. The predicted octanol–water partition coefficient (Wildman–Crippen LogP) is -0.658. The van der Waals surface area contributed by atoms with Crippen LogP contribution in [0.15, 0.2) is 0 Å². The number of rotatable bonds is 2. The highest BCUT2D eigenvalue weighted by Crippen LogP contribution is 2.25. The third-order valence-corrected chi connectivity index (χ3v) is 4.60. The van der Waals surface area contributed by atoms with Gasteiger partial charge in [0.25, 0.3) is 10.2 Å². The van der Waals surface area contributed by atoms with Gasteiger partial charge in [0.15, 0.2) is 0 Å². The molecule has 0 amide bonds. The summed E-state index contributed by atoms with van der Waals surface area (Å²) in [6, 6.07) is 0. The molecule has 1 aliphatic heterocycles. The van der Waals surface area contributed by atoms with Crippen LogP contribution in [0, 0.1) is 0 Å². The van der Waals surface area contributed by atoms with E-state index >= 15 is 0 Å². The van der Waals surface area contributed by atoms with Crippen LogP contribution in [0.1, 0.15) is 13.8 Å². The second kappa shape index (κ2) is 3.18. The van der Waals surface area contributed by atoms with Gasteiger partial charge in [-0.05, 0) is 13.8 Å². The van der Waals surface area contributed by atoms with E-state index in [1.807, 2.05) is 0 Å². The average Bonchev–Trinajstić information content (AvgIpc) is 2.27. The lowest BCUT2D eigenvalue weighted by molar-refractivity contribution is -0.146. The molecule has 7 heteroatoms. The lowest BCUT2D eigenvalue weighted by atomic mass is 10.1. The highest BCUT2D eigenvalue weighted by molar-refractivity contribution is 7.87. The van der Waals surface area contributed by atoms with Crippen LogP contribution in [0.2, 0.25) is 0 Å². The Labute approximate surface area is 83.3 Å². The second-order valence-electron chi connectivity index (χ2n) is 3.77. The highest BCUT2D eigenvalue weighted by Gasteiger charge is 2.47. The fourth-order valence-electron chi connectivity index (χ4n) is 1.31. The minimum Gasteiger partial charge on any atom is -0.480 e. The second-order valence-corrected chi connectivity index (χ2v) is 5.73. The monoisotopic (exact) mass is 222 g/mol. The molecule has 0 aromatic carbocycles. The molecule has 6 nitrogen and oxygen atoms in total. The van der Waals surface area contributed by atoms with Crippen molar-refractivity contribution in [3.8, 4) is 0 Å². The first-order chi connectivity index (χ1) is 6.20. The molecule has 0 saturated carbocycles. The van der Waals surface area contributed by atoms with Gasteiger partial charge in [-0.15, -0.1) is 0 Å². The third-order valence-electron chi connectivity index (χ3n) is 2.44. The molecular formula is C7H14N2O4S. The van der Waals surface area contributed by atoms with Gasteiger partial charge in [-0.25, -0.2) is 0 Å². The maximum absolute atomic E-state index is 11.6. The van der Waals surface area contributed by atoms with E-state index in [1.54, 1.807) is 0 Å². The summed E-state index contributed by atoms with van der Waals surface area (Å²) in [5.74, 6) is -1.14. The predicted molar refractivity (Wildman–Crippen MR) is 50.0 cm³/mol. The molecule has 82 valence electrons. The topological polar surface area (TPSA) is 77.9 Å². The van der Waals surface area contributed by atoms with Gasteiger partial charge in [-0.3, -0.25) is 4.79 Å². The van der Waals surface area contributed by atoms with E-state index in [1.165, 1.54) is 20.9 Å². The maximum Gasteiger partial charge on any atom is 0.324 e. The van der Waals surface area contributed by atoms with Crippen LogP contribution >= 0.6 is 0 Å². The summed E-state index contributed by atoms with van der Waals surface area (Å²) in [6.07, 6.45) is 0. The van der Waals surface area contributed by atoms with Crippen molar-refractivity contribution in [1.29, 1.82) is 0 Å². The van der Waals surface area contributed by atoms with Gasteiger partial charge in [0.1, 0.15) is 5.54 Å². The fraction of sp³-hybridized carbons (Fsp3) is 0.857. The molecule has 0 unspecified atom stereocenters. The van der Waals surface area contributed by atoms with E-state index in [0.717, 1.165) is 8.61 Å². The molecule has 0 aromatic rings. The lowest BCUT2D eigenvalue weighted by Crippen LogP contribution is -2.51. The van der Waals surface area contributed by atoms with Crippen LogP contribution in [0.4, 0.5) is 0 Å². The summed E-state index contributed by atoms with van der Waals surface area (Å²) in [4.78, 5) is 10.9. The molecule has 0 atom stereocenters. The van der Waals surface area contributed by atoms with Crippen molar-refractivity contribution in [2.75, 3.05) is 20.1 Å². The Kier molecular flexibility index (Phi) is 2.59. The van der Waals surface area contributed by atoms with Crippen molar-refractivity contribution >= 4 is 16.2 Å². The minimum atomic E-state index is -3.58. The van der Waals surface area contributed by atoms with Crippen LogP contribution < -0.4 is 0 Å². The first-order valence-corrected chi connectivity index (χ1v) is 5.58. The van der Waals surface area contributed by atoms with Crippen molar-refractivity contribution in [3.63, 3.8) is 0 Å². The maximum atomic E-state index is 11.6. The Balaban J connectivity index is 3.08. The summed E-state index contributed by atoms with van der Waals surface area (Å²) in [6.45, 7) is 3.31. The van der Waals surface area contributed by atoms with Crippen LogP contribution in [-0.4, -0.2) is 53.8 Å². The molecule has 1 N–H and O–H groups in total. The Morgan fingerprint density at radius 3 is 2.14 bits per heavy atom. The van der Waals surface area contributed by atoms with E-state index in [4.69, 9.17) is 5.11 Å². The Morgan fingerprint density at radius 2 is 1.86 bits per heavy atom. The molecule has 14 heavy (non-hydrogen) atoms. The van der Waals surface area contributed by atoms with Gasteiger partial charge in [-0.1, -0.05) is 0 Å². The van der Waals surface area contributed by atoms with Gasteiger partial charge in [-0.2, -0.15) is 17.0 Å². The zero-order chi connectivity index (χ0) is 11.1. The van der Waals surface area contributed by atoms with Crippen molar-refractivity contribution in [2.24, 2.45) is 0 Å². The largest absolute Gasteiger partial charge is 0.480 e. The van der Waals surface area contributed by atoms with E-state index in [-0.39, 0.29) is 6.54 Å². The molecule has 1 aliphatic rings. The summed E-state index contributed by atoms with van der Waals surface area (Å²) in [5, 5.41) is 8.90. The van der Waals surface area contributed by atoms with Gasteiger partial charge < -0.3 is 5.11 Å². The molecule has 0 radical (unpaired) electrons. The summed E-state index contributed by atoms with van der Waals surface area (Å²) in [7, 11) is -2.14. The number of hydrogen-bond acceptors (Lipinski definition) is 3. The van der Waals surface area contributed by atoms with Crippen molar-refractivity contribution < 1.29 is 18.3 Å². The van der Waals surface area contributed by atoms with Crippen LogP contribution in [0.25, 0.3) is 0 Å². The Morgan fingerprint density at radius 1 is 1.36 bits per heavy atom. The van der Waals surface area contributed by atoms with Crippen LogP contribution in [-0.2, 0) is 15.0 Å². The van der Waals surface area contributed by atoms with Gasteiger partial charge in [0.2, 0.25) is 0 Å². The first kappa shape index (κ1) is 11.4. The minimum absolute atomic E-state index is 0.220. The Hall–Kier alpha value is -0.660. The molecule has 0 bridgehead atoms. The molecule has 1 fully saturated rings. The van der Waals surface area contributed by atoms with Gasteiger partial charge >= 0.3 is 5.97 Å².